The van der Waals surface area contributed by atoms with Crippen molar-refractivity contribution in [3.8, 4) is 0 Å². The summed E-state index contributed by atoms with van der Waals surface area (Å²) >= 11 is 0. The van der Waals surface area contributed by atoms with E-state index in [2.05, 4.69) is 19.2 Å². The molecule has 11 heteroatoms. The van der Waals surface area contributed by atoms with E-state index < -0.39 is 74.2 Å². The molecule has 9 unspecified atom stereocenters. The summed E-state index contributed by atoms with van der Waals surface area (Å²) in [6, 6.07) is -1.16. The van der Waals surface area contributed by atoms with Crippen LogP contribution in [0.25, 0.3) is 0 Å². The highest BCUT2D eigenvalue weighted by Crippen LogP contribution is 2.23. The predicted octanol–water partition coefficient (Wildman–Crippen LogP) is 3.60. The van der Waals surface area contributed by atoms with Gasteiger partial charge in [0.1, 0.15) is 36.6 Å². The number of rotatable bonds is 29. The fourth-order valence-corrected chi connectivity index (χ4v) is 5.97. The van der Waals surface area contributed by atoms with E-state index in [-0.39, 0.29) is 6.42 Å². The van der Waals surface area contributed by atoms with E-state index in [1.54, 1.807) is 0 Å². The zero-order chi connectivity index (χ0) is 34.2. The van der Waals surface area contributed by atoms with Crippen molar-refractivity contribution in [3.05, 3.63) is 0 Å². The minimum atomic E-state index is -1.65. The highest BCUT2D eigenvalue weighted by molar-refractivity contribution is 5.80. The number of carbonyl (C=O) groups is 1. The Kier molecular flexibility index (Phi) is 25.3. The maximum absolute atomic E-state index is 12.9. The maximum Gasteiger partial charge on any atom is 0.249 e. The van der Waals surface area contributed by atoms with E-state index in [0.29, 0.717) is 19.3 Å². The molecule has 1 rings (SSSR count). The highest BCUT2D eigenvalue weighted by atomic mass is 16.7. The molecule has 11 nitrogen and oxygen atoms in total. The van der Waals surface area contributed by atoms with Crippen LogP contribution in [0.1, 0.15) is 149 Å². The van der Waals surface area contributed by atoms with Gasteiger partial charge in [0, 0.05) is 0 Å². The Balaban J connectivity index is 2.50. The van der Waals surface area contributed by atoms with Gasteiger partial charge < -0.3 is 50.5 Å². The molecule has 1 fully saturated rings. The molecule has 1 amide bonds. The normalized spacial score (nSPS) is 24.4. The van der Waals surface area contributed by atoms with Gasteiger partial charge in [0.25, 0.3) is 0 Å². The van der Waals surface area contributed by atoms with Gasteiger partial charge >= 0.3 is 0 Å². The second-order valence-electron chi connectivity index (χ2n) is 13.3. The molecule has 8 N–H and O–H groups in total. The lowest BCUT2D eigenvalue weighted by atomic mass is 9.98. The average molecular weight is 664 g/mol. The number of ether oxygens (including phenoxy) is 2. The lowest BCUT2D eigenvalue weighted by molar-refractivity contribution is -0.303. The molecule has 1 aliphatic heterocycles. The van der Waals surface area contributed by atoms with Crippen molar-refractivity contribution in [3.63, 3.8) is 0 Å². The first kappa shape index (κ1) is 43.1. The molecular weight excluding hydrogens is 594 g/mol. The average Bonchev–Trinajstić information content (AvgIpc) is 3.05. The molecule has 46 heavy (non-hydrogen) atoms. The third-order valence-electron chi connectivity index (χ3n) is 9.16. The van der Waals surface area contributed by atoms with Gasteiger partial charge in [-0.2, -0.15) is 0 Å². The number of nitrogens with one attached hydrogen (secondary N) is 1. The first-order valence-corrected chi connectivity index (χ1v) is 18.4. The van der Waals surface area contributed by atoms with Gasteiger partial charge in [0.15, 0.2) is 6.29 Å². The van der Waals surface area contributed by atoms with Crippen molar-refractivity contribution in [1.29, 1.82) is 0 Å². The van der Waals surface area contributed by atoms with Crippen molar-refractivity contribution >= 4 is 5.91 Å². The molecule has 1 aliphatic rings. The molecule has 0 saturated carbocycles. The first-order valence-electron chi connectivity index (χ1n) is 18.4. The lowest BCUT2D eigenvalue weighted by Crippen LogP contribution is -2.60. The first-order chi connectivity index (χ1) is 22.2. The van der Waals surface area contributed by atoms with Crippen LogP contribution < -0.4 is 5.32 Å². The topological polar surface area (TPSA) is 189 Å². The van der Waals surface area contributed by atoms with Crippen molar-refractivity contribution in [2.75, 3.05) is 13.2 Å². The monoisotopic (exact) mass is 663 g/mol. The smallest absolute Gasteiger partial charge is 0.249 e. The number of hydrogen-bond acceptors (Lipinski definition) is 10. The fourth-order valence-electron chi connectivity index (χ4n) is 5.97. The van der Waals surface area contributed by atoms with Crippen molar-refractivity contribution < 1.29 is 50.0 Å². The number of aliphatic hydroxyl groups is 7. The molecule has 1 heterocycles. The second kappa shape index (κ2) is 27.0. The largest absolute Gasteiger partial charge is 0.394 e. The van der Waals surface area contributed by atoms with Gasteiger partial charge in [0.05, 0.1) is 25.4 Å². The third-order valence-corrected chi connectivity index (χ3v) is 9.16. The zero-order valence-corrected chi connectivity index (χ0v) is 28.8. The van der Waals surface area contributed by atoms with Crippen molar-refractivity contribution in [2.45, 2.75) is 204 Å². The zero-order valence-electron chi connectivity index (χ0n) is 28.8. The Bertz CT molecular complexity index is 729. The molecule has 1 saturated heterocycles. The third kappa shape index (κ3) is 18.0. The minimum absolute atomic E-state index is 0.264. The summed E-state index contributed by atoms with van der Waals surface area (Å²) in [7, 11) is 0. The molecule has 0 aromatic rings. The van der Waals surface area contributed by atoms with E-state index in [4.69, 9.17) is 9.47 Å². The Morgan fingerprint density at radius 3 is 1.61 bits per heavy atom. The van der Waals surface area contributed by atoms with Crippen LogP contribution in [0.5, 0.6) is 0 Å². The molecule has 0 spiro atoms. The molecule has 9 atom stereocenters. The summed E-state index contributed by atoms with van der Waals surface area (Å²) < 4.78 is 11.0. The van der Waals surface area contributed by atoms with Gasteiger partial charge in [-0.25, -0.2) is 0 Å². The summed E-state index contributed by atoms with van der Waals surface area (Å²) in [6.07, 6.45) is 10.8. The Morgan fingerprint density at radius 2 is 1.13 bits per heavy atom. The van der Waals surface area contributed by atoms with E-state index in [1.165, 1.54) is 64.2 Å². The molecule has 274 valence electrons. The second-order valence-corrected chi connectivity index (χ2v) is 13.3. The Hall–Kier alpha value is -0.890. The molecule has 0 bridgehead atoms. The molecule has 0 aromatic heterocycles. The maximum atomic E-state index is 12.9. The molecule has 0 aromatic carbocycles. The number of unbranched alkanes of at least 4 members (excludes halogenated alkanes) is 17. The number of amides is 1. The van der Waals surface area contributed by atoms with E-state index in [1.807, 2.05) is 0 Å². The summed E-state index contributed by atoms with van der Waals surface area (Å²) in [6.45, 7) is 3.29. The van der Waals surface area contributed by atoms with Crippen LogP contribution in [-0.4, -0.2) is 110 Å². The summed E-state index contributed by atoms with van der Waals surface area (Å²) in [5.74, 6) is -0.703. The SMILES string of the molecule is CCCCCCCCCCCCCCCCC(O)C(=O)NC(COC1OC(CO)C(O)C(O)C1O)C(O)C(O)CCCCCCC. The van der Waals surface area contributed by atoms with E-state index in [9.17, 15) is 40.5 Å². The Labute approximate surface area is 278 Å². The van der Waals surface area contributed by atoms with Crippen LogP contribution >= 0.6 is 0 Å². The fraction of sp³-hybridized carbons (Fsp3) is 0.971. The van der Waals surface area contributed by atoms with Crippen LogP contribution in [0.2, 0.25) is 0 Å². The van der Waals surface area contributed by atoms with Crippen LogP contribution in [0.15, 0.2) is 0 Å². The molecular formula is C35H69NO10. The summed E-state index contributed by atoms with van der Waals surface area (Å²) in [5, 5.41) is 74.6. The van der Waals surface area contributed by atoms with Crippen molar-refractivity contribution in [2.24, 2.45) is 0 Å². The van der Waals surface area contributed by atoms with Gasteiger partial charge in [-0.3, -0.25) is 4.79 Å². The predicted molar refractivity (Wildman–Crippen MR) is 178 cm³/mol. The van der Waals surface area contributed by atoms with Gasteiger partial charge in [-0.1, -0.05) is 136 Å². The van der Waals surface area contributed by atoms with Crippen LogP contribution in [0.4, 0.5) is 0 Å². The van der Waals surface area contributed by atoms with Gasteiger partial charge in [0.2, 0.25) is 5.91 Å². The number of hydrogen-bond donors (Lipinski definition) is 8. The highest BCUT2D eigenvalue weighted by Gasteiger charge is 2.44. The van der Waals surface area contributed by atoms with Gasteiger partial charge in [-0.05, 0) is 12.8 Å². The standard InChI is InChI=1S/C35H69NO10/c1-3-5-7-9-10-11-12-13-14-15-16-17-19-21-23-28(39)34(44)36-26(30(40)27(38)22-20-18-8-6-4-2)25-45-35-33(43)32(42)31(41)29(24-37)46-35/h26-33,35,37-43H,3-25H2,1-2H3,(H,36,44). The molecule has 0 radical (unpaired) electrons. The summed E-state index contributed by atoms with van der Waals surface area (Å²) in [5.41, 5.74) is 0. The number of carbonyl (C=O) groups excluding carboxylic acids is 1. The quantitative estimate of drug-likeness (QED) is 0.0549. The van der Waals surface area contributed by atoms with E-state index in [0.717, 1.165) is 44.9 Å². The van der Waals surface area contributed by atoms with E-state index >= 15 is 0 Å². The van der Waals surface area contributed by atoms with Crippen LogP contribution in [-0.2, 0) is 14.3 Å². The van der Waals surface area contributed by atoms with Crippen molar-refractivity contribution in [1.82, 2.24) is 5.32 Å². The lowest BCUT2D eigenvalue weighted by Gasteiger charge is -2.40. The molecule has 0 aliphatic carbocycles. The van der Waals surface area contributed by atoms with Crippen LogP contribution in [0, 0.1) is 0 Å². The van der Waals surface area contributed by atoms with Crippen LogP contribution in [0.3, 0.4) is 0 Å². The Morgan fingerprint density at radius 1 is 0.674 bits per heavy atom. The van der Waals surface area contributed by atoms with Gasteiger partial charge in [-0.15, -0.1) is 0 Å². The minimum Gasteiger partial charge on any atom is -0.394 e. The summed E-state index contributed by atoms with van der Waals surface area (Å²) in [4.78, 5) is 12.9. The number of aliphatic hydroxyl groups excluding tert-OH is 7.